The Kier molecular flexibility index (Phi) is 4.82. The quantitative estimate of drug-likeness (QED) is 0.875. The van der Waals surface area contributed by atoms with E-state index in [1.54, 1.807) is 0 Å². The van der Waals surface area contributed by atoms with Crippen LogP contribution in [-0.4, -0.2) is 19.8 Å². The van der Waals surface area contributed by atoms with Gasteiger partial charge in [-0.15, -0.1) is 11.3 Å². The van der Waals surface area contributed by atoms with Gasteiger partial charge < -0.3 is 10.1 Å². The molecule has 0 amide bonds. The van der Waals surface area contributed by atoms with Crippen LogP contribution in [0.2, 0.25) is 0 Å². The number of thiophene rings is 1. The van der Waals surface area contributed by atoms with E-state index in [0.717, 1.165) is 19.8 Å². The molecule has 1 aromatic rings. The van der Waals surface area contributed by atoms with Gasteiger partial charge in [-0.3, -0.25) is 0 Å². The molecule has 1 N–H and O–H groups in total. The Hall–Kier alpha value is -0.380. The molecule has 1 saturated heterocycles. The summed E-state index contributed by atoms with van der Waals surface area (Å²) in [4.78, 5) is 1.46. The van der Waals surface area contributed by atoms with Crippen LogP contribution in [0.1, 0.15) is 44.5 Å². The van der Waals surface area contributed by atoms with E-state index in [0.29, 0.717) is 17.4 Å². The molecule has 1 aromatic heterocycles. The maximum atomic E-state index is 5.47. The summed E-state index contributed by atoms with van der Waals surface area (Å²) < 4.78 is 5.47. The fraction of sp³-hybridized carbons (Fsp3) is 0.733. The molecule has 0 bridgehead atoms. The molecule has 1 aliphatic heterocycles. The molecule has 102 valence electrons. The van der Waals surface area contributed by atoms with Gasteiger partial charge in [-0.25, -0.2) is 0 Å². The average Bonchev–Trinajstić information content (AvgIpc) is 2.83. The Labute approximate surface area is 115 Å². The van der Waals surface area contributed by atoms with E-state index in [9.17, 15) is 0 Å². The number of ether oxygens (including phenoxy) is 1. The van der Waals surface area contributed by atoms with Crippen LogP contribution in [0.15, 0.2) is 17.5 Å². The Bertz CT molecular complexity index is 341. The second-order valence-electron chi connectivity index (χ2n) is 6.04. The minimum absolute atomic E-state index is 0.405. The fourth-order valence-corrected chi connectivity index (χ4v) is 3.50. The Morgan fingerprint density at radius 3 is 2.67 bits per heavy atom. The van der Waals surface area contributed by atoms with E-state index in [1.165, 1.54) is 17.7 Å². The van der Waals surface area contributed by atoms with Crippen molar-refractivity contribution in [2.75, 3.05) is 19.8 Å². The summed E-state index contributed by atoms with van der Waals surface area (Å²) in [6, 6.07) is 4.88. The first kappa shape index (κ1) is 14.0. The molecule has 1 aliphatic rings. The zero-order valence-electron chi connectivity index (χ0n) is 11.7. The average molecular weight is 267 g/mol. The molecule has 1 fully saturated rings. The van der Waals surface area contributed by atoms with Crippen molar-refractivity contribution in [2.45, 2.75) is 39.7 Å². The normalized spacial score (nSPS) is 21.1. The monoisotopic (exact) mass is 267 g/mol. The van der Waals surface area contributed by atoms with Gasteiger partial charge in [0.15, 0.2) is 0 Å². The lowest BCUT2D eigenvalue weighted by molar-refractivity contribution is 0.0222. The minimum Gasteiger partial charge on any atom is -0.381 e. The fourth-order valence-electron chi connectivity index (χ4n) is 2.53. The van der Waals surface area contributed by atoms with Crippen LogP contribution in [0.4, 0.5) is 0 Å². The maximum Gasteiger partial charge on any atom is 0.0471 e. The molecule has 3 heteroatoms. The zero-order valence-corrected chi connectivity index (χ0v) is 12.6. The first-order valence-electron chi connectivity index (χ1n) is 6.95. The lowest BCUT2D eigenvalue weighted by Gasteiger charge is -2.35. The van der Waals surface area contributed by atoms with E-state index < -0.39 is 0 Å². The van der Waals surface area contributed by atoms with Crippen molar-refractivity contribution in [3.63, 3.8) is 0 Å². The highest BCUT2D eigenvalue weighted by Gasteiger charge is 2.28. The molecule has 0 aromatic carbocycles. The second kappa shape index (κ2) is 6.18. The number of hydrogen-bond donors (Lipinski definition) is 1. The van der Waals surface area contributed by atoms with Gasteiger partial charge in [0.05, 0.1) is 0 Å². The van der Waals surface area contributed by atoms with Crippen LogP contribution < -0.4 is 5.32 Å². The summed E-state index contributed by atoms with van der Waals surface area (Å²) in [7, 11) is 0. The molecule has 18 heavy (non-hydrogen) atoms. The van der Waals surface area contributed by atoms with Crippen LogP contribution in [0.5, 0.6) is 0 Å². The molecular weight excluding hydrogens is 242 g/mol. The SMILES string of the molecule is CC(C)C(NCC1(C)CCOCC1)c1cccs1. The minimum atomic E-state index is 0.405. The lowest BCUT2D eigenvalue weighted by Crippen LogP contribution is -2.39. The molecule has 0 aliphatic carbocycles. The molecule has 0 saturated carbocycles. The van der Waals surface area contributed by atoms with Gasteiger partial charge in [0.1, 0.15) is 0 Å². The first-order valence-corrected chi connectivity index (χ1v) is 7.83. The summed E-state index contributed by atoms with van der Waals surface area (Å²) in [6.07, 6.45) is 2.35. The van der Waals surface area contributed by atoms with E-state index in [1.807, 2.05) is 11.3 Å². The number of hydrogen-bond acceptors (Lipinski definition) is 3. The van der Waals surface area contributed by atoms with Crippen LogP contribution in [0.25, 0.3) is 0 Å². The number of rotatable bonds is 5. The van der Waals surface area contributed by atoms with Gasteiger partial charge in [-0.05, 0) is 35.6 Å². The zero-order chi connectivity index (χ0) is 13.0. The summed E-state index contributed by atoms with van der Waals surface area (Å²) in [5.74, 6) is 0.632. The summed E-state index contributed by atoms with van der Waals surface area (Å²) >= 11 is 1.86. The van der Waals surface area contributed by atoms with Crippen molar-refractivity contribution in [1.29, 1.82) is 0 Å². The Morgan fingerprint density at radius 1 is 1.39 bits per heavy atom. The second-order valence-corrected chi connectivity index (χ2v) is 7.02. The van der Waals surface area contributed by atoms with Crippen molar-refractivity contribution in [3.05, 3.63) is 22.4 Å². The van der Waals surface area contributed by atoms with Gasteiger partial charge in [0.25, 0.3) is 0 Å². The van der Waals surface area contributed by atoms with Gasteiger partial charge in [0, 0.05) is 30.7 Å². The van der Waals surface area contributed by atoms with Gasteiger partial charge in [-0.1, -0.05) is 26.8 Å². The van der Waals surface area contributed by atoms with Gasteiger partial charge in [0.2, 0.25) is 0 Å². The summed E-state index contributed by atoms with van der Waals surface area (Å²) in [5, 5.41) is 5.96. The molecule has 2 rings (SSSR count). The van der Waals surface area contributed by atoms with Crippen LogP contribution in [0, 0.1) is 11.3 Å². The van der Waals surface area contributed by atoms with Crippen LogP contribution in [-0.2, 0) is 4.74 Å². The van der Waals surface area contributed by atoms with E-state index >= 15 is 0 Å². The first-order chi connectivity index (χ1) is 8.61. The molecule has 0 spiro atoms. The topological polar surface area (TPSA) is 21.3 Å². The van der Waals surface area contributed by atoms with E-state index in [-0.39, 0.29) is 0 Å². The standard InChI is InChI=1S/C15H25NOS/c1-12(2)14(13-5-4-10-18-13)16-11-15(3)6-8-17-9-7-15/h4-5,10,12,14,16H,6-9,11H2,1-3H3. The highest BCUT2D eigenvalue weighted by atomic mass is 32.1. The third-order valence-corrected chi connectivity index (χ3v) is 4.92. The predicted octanol–water partition coefficient (Wildman–Crippen LogP) is 3.85. The van der Waals surface area contributed by atoms with Crippen molar-refractivity contribution in [3.8, 4) is 0 Å². The van der Waals surface area contributed by atoms with Crippen molar-refractivity contribution in [2.24, 2.45) is 11.3 Å². The molecular formula is C15H25NOS. The molecule has 1 atom stereocenters. The van der Waals surface area contributed by atoms with Crippen molar-refractivity contribution in [1.82, 2.24) is 5.32 Å². The third-order valence-electron chi connectivity index (χ3n) is 3.97. The highest BCUT2D eigenvalue weighted by Crippen LogP contribution is 2.31. The van der Waals surface area contributed by atoms with E-state index in [4.69, 9.17) is 4.74 Å². The van der Waals surface area contributed by atoms with Gasteiger partial charge >= 0.3 is 0 Å². The van der Waals surface area contributed by atoms with Crippen molar-refractivity contribution >= 4 is 11.3 Å². The van der Waals surface area contributed by atoms with Crippen LogP contribution in [0.3, 0.4) is 0 Å². The van der Waals surface area contributed by atoms with Crippen LogP contribution >= 0.6 is 11.3 Å². The molecule has 2 heterocycles. The highest BCUT2D eigenvalue weighted by molar-refractivity contribution is 7.10. The molecule has 0 radical (unpaired) electrons. The predicted molar refractivity (Wildman–Crippen MR) is 78.1 cm³/mol. The van der Waals surface area contributed by atoms with E-state index in [2.05, 4.69) is 43.6 Å². The molecule has 1 unspecified atom stereocenters. The third kappa shape index (κ3) is 3.56. The molecule has 2 nitrogen and oxygen atoms in total. The Morgan fingerprint density at radius 2 is 2.11 bits per heavy atom. The van der Waals surface area contributed by atoms with Gasteiger partial charge in [-0.2, -0.15) is 0 Å². The summed E-state index contributed by atoms with van der Waals surface area (Å²) in [6.45, 7) is 9.91. The smallest absolute Gasteiger partial charge is 0.0471 e. The largest absolute Gasteiger partial charge is 0.381 e. The maximum absolute atomic E-state index is 5.47. The lowest BCUT2D eigenvalue weighted by atomic mass is 9.82. The summed E-state index contributed by atoms with van der Waals surface area (Å²) in [5.41, 5.74) is 0.405. The number of nitrogens with one attached hydrogen (secondary N) is 1. The Balaban J connectivity index is 1.93. The van der Waals surface area contributed by atoms with Crippen molar-refractivity contribution < 1.29 is 4.74 Å².